The first kappa shape index (κ1) is 21.1. The first-order valence-corrected chi connectivity index (χ1v) is 10.3. The first-order chi connectivity index (χ1) is 14.9. The number of anilines is 1. The molecule has 31 heavy (non-hydrogen) atoms. The Labute approximate surface area is 182 Å². The summed E-state index contributed by atoms with van der Waals surface area (Å²) in [7, 11) is 1.69. The number of nitrogens with zero attached hydrogens (tertiary/aromatic N) is 1. The van der Waals surface area contributed by atoms with Gasteiger partial charge < -0.3 is 14.4 Å². The molecule has 4 nitrogen and oxygen atoms in total. The first-order valence-electron chi connectivity index (χ1n) is 10.3. The maximum atomic E-state index is 13.3. The molecule has 0 saturated heterocycles. The third-order valence-corrected chi connectivity index (χ3v) is 5.52. The molecular formula is C26H26FNO3. The monoisotopic (exact) mass is 419 g/mol. The second-order valence-corrected chi connectivity index (χ2v) is 8.25. The lowest BCUT2D eigenvalue weighted by atomic mass is 10.0. The number of carbonyl (C=O) groups excluding carboxylic acids is 1. The Hall–Kier alpha value is -3.18. The fraction of sp³-hybridized carbons (Fsp3) is 0.269. The second-order valence-electron chi connectivity index (χ2n) is 8.25. The number of rotatable bonds is 6. The minimum Gasteiger partial charge on any atom is -0.478 e. The van der Waals surface area contributed by atoms with Crippen molar-refractivity contribution in [2.75, 3.05) is 18.6 Å². The van der Waals surface area contributed by atoms with Crippen molar-refractivity contribution in [3.8, 4) is 16.9 Å². The van der Waals surface area contributed by atoms with Gasteiger partial charge in [-0.25, -0.2) is 4.39 Å². The van der Waals surface area contributed by atoms with Crippen molar-refractivity contribution < 1.29 is 18.7 Å². The molecule has 0 atom stereocenters. The van der Waals surface area contributed by atoms with Gasteiger partial charge in [0.2, 0.25) is 0 Å². The number of amides is 1. The largest absolute Gasteiger partial charge is 0.478 e. The average Bonchev–Trinajstić information content (AvgIpc) is 3.18. The van der Waals surface area contributed by atoms with Crippen LogP contribution in [0, 0.1) is 5.82 Å². The standard InChI is InChI=1S/C26H26FNO3/c1-26(2,31-23-11-9-22(27)10-12-23)25(29)28-15-14-21-16-20(8-13-24(21)28)19-6-4-18(5-7-19)17-30-3/h4-13,16H,14-15,17H2,1-3H3. The van der Waals surface area contributed by atoms with Crippen molar-refractivity contribution in [1.29, 1.82) is 0 Å². The van der Waals surface area contributed by atoms with E-state index >= 15 is 0 Å². The summed E-state index contributed by atoms with van der Waals surface area (Å²) < 4.78 is 24.2. The van der Waals surface area contributed by atoms with Gasteiger partial charge in [0.15, 0.2) is 5.60 Å². The molecule has 1 amide bonds. The number of carbonyl (C=O) groups is 1. The topological polar surface area (TPSA) is 38.8 Å². The highest BCUT2D eigenvalue weighted by Gasteiger charge is 2.37. The zero-order valence-electron chi connectivity index (χ0n) is 18.0. The van der Waals surface area contributed by atoms with Gasteiger partial charge in [-0.2, -0.15) is 0 Å². The Bertz CT molecular complexity index is 1070. The number of hydrogen-bond acceptors (Lipinski definition) is 3. The van der Waals surface area contributed by atoms with E-state index in [0.717, 1.165) is 34.4 Å². The van der Waals surface area contributed by atoms with Crippen molar-refractivity contribution >= 4 is 11.6 Å². The van der Waals surface area contributed by atoms with Gasteiger partial charge >= 0.3 is 0 Å². The molecule has 3 aromatic rings. The van der Waals surface area contributed by atoms with Crippen LogP contribution in [0.1, 0.15) is 25.0 Å². The molecule has 1 aliphatic heterocycles. The normalized spacial score (nSPS) is 13.2. The zero-order chi connectivity index (χ0) is 22.0. The Morgan fingerprint density at radius 1 is 1.00 bits per heavy atom. The van der Waals surface area contributed by atoms with Gasteiger partial charge in [-0.05, 0) is 78.9 Å². The van der Waals surface area contributed by atoms with E-state index in [9.17, 15) is 9.18 Å². The molecule has 0 N–H and O–H groups in total. The lowest BCUT2D eigenvalue weighted by Crippen LogP contribution is -2.48. The molecule has 0 unspecified atom stereocenters. The Morgan fingerprint density at radius 3 is 2.35 bits per heavy atom. The molecule has 4 rings (SSSR count). The number of fused-ring (bicyclic) bond motifs is 1. The molecule has 0 saturated carbocycles. The highest BCUT2D eigenvalue weighted by molar-refractivity contribution is 6.01. The summed E-state index contributed by atoms with van der Waals surface area (Å²) in [5.41, 5.74) is 4.37. The van der Waals surface area contributed by atoms with E-state index in [1.54, 1.807) is 25.9 Å². The molecule has 0 fully saturated rings. The van der Waals surface area contributed by atoms with E-state index in [1.807, 2.05) is 12.1 Å². The fourth-order valence-electron chi connectivity index (χ4n) is 3.92. The van der Waals surface area contributed by atoms with Crippen LogP contribution in [0.25, 0.3) is 11.1 Å². The number of ether oxygens (including phenoxy) is 2. The van der Waals surface area contributed by atoms with Gasteiger partial charge in [0.05, 0.1) is 6.61 Å². The van der Waals surface area contributed by atoms with Crippen molar-refractivity contribution in [3.63, 3.8) is 0 Å². The number of methoxy groups -OCH3 is 1. The van der Waals surface area contributed by atoms with E-state index in [1.165, 1.54) is 24.3 Å². The molecule has 3 aromatic carbocycles. The summed E-state index contributed by atoms with van der Waals surface area (Å²) >= 11 is 0. The van der Waals surface area contributed by atoms with Crippen LogP contribution in [0.4, 0.5) is 10.1 Å². The molecule has 0 bridgehead atoms. The predicted molar refractivity (Wildman–Crippen MR) is 120 cm³/mol. The van der Waals surface area contributed by atoms with Gasteiger partial charge in [0.1, 0.15) is 11.6 Å². The average molecular weight is 419 g/mol. The summed E-state index contributed by atoms with van der Waals surface area (Å²) in [6, 6.07) is 20.2. The fourth-order valence-corrected chi connectivity index (χ4v) is 3.92. The van der Waals surface area contributed by atoms with Gasteiger partial charge in [-0.1, -0.05) is 30.3 Å². The Balaban J connectivity index is 1.52. The number of benzene rings is 3. The van der Waals surface area contributed by atoms with Gasteiger partial charge in [-0.15, -0.1) is 0 Å². The van der Waals surface area contributed by atoms with Crippen molar-refractivity contribution in [2.45, 2.75) is 32.5 Å². The van der Waals surface area contributed by atoms with Crippen molar-refractivity contribution in [3.05, 3.63) is 83.7 Å². The molecule has 0 aromatic heterocycles. The summed E-state index contributed by atoms with van der Waals surface area (Å²) in [6.45, 7) is 4.69. The van der Waals surface area contributed by atoms with E-state index in [4.69, 9.17) is 9.47 Å². The molecule has 0 radical (unpaired) electrons. The van der Waals surface area contributed by atoms with Gasteiger partial charge in [0, 0.05) is 19.3 Å². The summed E-state index contributed by atoms with van der Waals surface area (Å²) in [5.74, 6) is 0.00720. The third-order valence-electron chi connectivity index (χ3n) is 5.52. The van der Waals surface area contributed by atoms with Crippen molar-refractivity contribution in [1.82, 2.24) is 0 Å². The Morgan fingerprint density at radius 2 is 1.68 bits per heavy atom. The molecule has 0 spiro atoms. The third kappa shape index (κ3) is 4.47. The molecule has 160 valence electrons. The molecule has 1 heterocycles. The van der Waals surface area contributed by atoms with Crippen LogP contribution in [0.5, 0.6) is 5.75 Å². The lowest BCUT2D eigenvalue weighted by Gasteiger charge is -2.30. The zero-order valence-corrected chi connectivity index (χ0v) is 18.0. The van der Waals surface area contributed by atoms with Crippen LogP contribution in [-0.2, 0) is 22.6 Å². The molecule has 0 aliphatic carbocycles. The van der Waals surface area contributed by atoms with Crippen LogP contribution in [-0.4, -0.2) is 25.2 Å². The van der Waals surface area contributed by atoms with Crippen LogP contribution in [0.3, 0.4) is 0 Å². The van der Waals surface area contributed by atoms with Crippen LogP contribution >= 0.6 is 0 Å². The second kappa shape index (κ2) is 8.52. The van der Waals surface area contributed by atoms with Crippen LogP contribution in [0.15, 0.2) is 66.7 Å². The smallest absolute Gasteiger partial charge is 0.270 e. The van der Waals surface area contributed by atoms with Gasteiger partial charge in [0.25, 0.3) is 5.91 Å². The predicted octanol–water partition coefficient (Wildman–Crippen LogP) is 5.39. The van der Waals surface area contributed by atoms with E-state index < -0.39 is 5.60 Å². The van der Waals surface area contributed by atoms with E-state index in [2.05, 4.69) is 30.3 Å². The number of hydrogen-bond donors (Lipinski definition) is 0. The molecule has 5 heteroatoms. The molecule has 1 aliphatic rings. The van der Waals surface area contributed by atoms with Crippen molar-refractivity contribution in [2.24, 2.45) is 0 Å². The minimum absolute atomic E-state index is 0.118. The maximum Gasteiger partial charge on any atom is 0.270 e. The van der Waals surface area contributed by atoms with Crippen LogP contribution < -0.4 is 9.64 Å². The van der Waals surface area contributed by atoms with Crippen LogP contribution in [0.2, 0.25) is 0 Å². The van der Waals surface area contributed by atoms with E-state index in [0.29, 0.717) is 18.9 Å². The molecular weight excluding hydrogens is 393 g/mol. The summed E-state index contributed by atoms with van der Waals surface area (Å²) in [4.78, 5) is 15.1. The highest BCUT2D eigenvalue weighted by atomic mass is 19.1. The van der Waals surface area contributed by atoms with E-state index in [-0.39, 0.29) is 11.7 Å². The minimum atomic E-state index is -1.07. The van der Waals surface area contributed by atoms with Gasteiger partial charge in [-0.3, -0.25) is 4.79 Å². The SMILES string of the molecule is COCc1ccc(-c2ccc3c(c2)CCN3C(=O)C(C)(C)Oc2ccc(F)cc2)cc1. The Kier molecular flexibility index (Phi) is 5.79. The number of halogens is 1. The maximum absolute atomic E-state index is 13.3. The quantitative estimate of drug-likeness (QED) is 0.538. The summed E-state index contributed by atoms with van der Waals surface area (Å²) in [6.07, 6.45) is 0.795. The lowest BCUT2D eigenvalue weighted by molar-refractivity contribution is -0.131. The summed E-state index contributed by atoms with van der Waals surface area (Å²) in [5, 5.41) is 0. The highest BCUT2D eigenvalue weighted by Crippen LogP contribution is 2.34.